The van der Waals surface area contributed by atoms with Crippen LogP contribution in [0, 0.1) is 5.41 Å². The molecular weight excluding hydrogens is 214 g/mol. The molecule has 1 amide bonds. The number of carbonyl (C=O) groups is 1. The van der Waals surface area contributed by atoms with E-state index >= 15 is 0 Å². The van der Waals surface area contributed by atoms with Gasteiger partial charge in [0.05, 0.1) is 5.41 Å². The fourth-order valence-corrected chi connectivity index (χ4v) is 2.87. The lowest BCUT2D eigenvalue weighted by molar-refractivity contribution is -0.129. The second-order valence-corrected chi connectivity index (χ2v) is 6.06. The molecule has 98 valence electrons. The minimum Gasteiger partial charge on any atom is -0.351 e. The van der Waals surface area contributed by atoms with E-state index in [0.29, 0.717) is 18.6 Å². The fraction of sp³-hybridized carbons (Fsp3) is 0.923. The molecule has 3 N–H and O–H groups in total. The molecule has 2 heterocycles. The highest BCUT2D eigenvalue weighted by Gasteiger charge is 2.38. The number of piperidine rings is 1. The number of nitrogens with one attached hydrogen (secondary N) is 1. The second kappa shape index (κ2) is 4.94. The number of nitrogens with two attached hydrogens (primary N) is 1. The lowest BCUT2D eigenvalue weighted by atomic mass is 9.91. The van der Waals surface area contributed by atoms with Crippen LogP contribution in [-0.2, 0) is 4.79 Å². The van der Waals surface area contributed by atoms with Crippen LogP contribution < -0.4 is 11.1 Å². The highest BCUT2D eigenvalue weighted by Crippen LogP contribution is 2.27. The SMILES string of the molecule is CC(C)(CN)C(=O)NC1CCN2CCCCC12. The van der Waals surface area contributed by atoms with E-state index in [2.05, 4.69) is 10.2 Å². The Bertz CT molecular complexity index is 290. The van der Waals surface area contributed by atoms with Gasteiger partial charge in [-0.05, 0) is 39.7 Å². The minimum absolute atomic E-state index is 0.109. The zero-order valence-electron chi connectivity index (χ0n) is 11.0. The van der Waals surface area contributed by atoms with Crippen molar-refractivity contribution in [3.63, 3.8) is 0 Å². The summed E-state index contributed by atoms with van der Waals surface area (Å²) in [6.07, 6.45) is 4.93. The average molecular weight is 239 g/mol. The van der Waals surface area contributed by atoms with Crippen LogP contribution in [0.4, 0.5) is 0 Å². The molecule has 0 spiro atoms. The van der Waals surface area contributed by atoms with E-state index in [-0.39, 0.29) is 5.91 Å². The number of fused-ring (bicyclic) bond motifs is 1. The van der Waals surface area contributed by atoms with Gasteiger partial charge in [-0.1, -0.05) is 6.42 Å². The summed E-state index contributed by atoms with van der Waals surface area (Å²) in [6, 6.07) is 0.912. The topological polar surface area (TPSA) is 58.4 Å². The Morgan fingerprint density at radius 3 is 2.82 bits per heavy atom. The Kier molecular flexibility index (Phi) is 3.73. The zero-order valence-corrected chi connectivity index (χ0v) is 11.0. The van der Waals surface area contributed by atoms with Crippen LogP contribution in [0.15, 0.2) is 0 Å². The number of hydrogen-bond donors (Lipinski definition) is 2. The summed E-state index contributed by atoms with van der Waals surface area (Å²) >= 11 is 0. The average Bonchev–Trinajstić information content (AvgIpc) is 2.73. The van der Waals surface area contributed by atoms with E-state index in [0.717, 1.165) is 13.0 Å². The number of hydrogen-bond acceptors (Lipinski definition) is 3. The Morgan fingerprint density at radius 1 is 1.35 bits per heavy atom. The van der Waals surface area contributed by atoms with E-state index in [4.69, 9.17) is 5.73 Å². The van der Waals surface area contributed by atoms with Crippen LogP contribution >= 0.6 is 0 Å². The van der Waals surface area contributed by atoms with Crippen LogP contribution in [0.1, 0.15) is 39.5 Å². The maximum Gasteiger partial charge on any atom is 0.227 e. The molecule has 0 aromatic heterocycles. The third-order valence-corrected chi connectivity index (χ3v) is 4.30. The van der Waals surface area contributed by atoms with Gasteiger partial charge in [-0.3, -0.25) is 9.69 Å². The van der Waals surface area contributed by atoms with Crippen molar-refractivity contribution in [2.45, 2.75) is 51.6 Å². The first kappa shape index (κ1) is 12.8. The summed E-state index contributed by atoms with van der Waals surface area (Å²) in [5.41, 5.74) is 5.20. The summed E-state index contributed by atoms with van der Waals surface area (Å²) in [7, 11) is 0. The summed E-state index contributed by atoms with van der Waals surface area (Å²) in [5, 5.41) is 3.21. The van der Waals surface area contributed by atoms with Crippen molar-refractivity contribution in [3.8, 4) is 0 Å². The van der Waals surface area contributed by atoms with Crippen molar-refractivity contribution in [1.29, 1.82) is 0 Å². The maximum absolute atomic E-state index is 12.1. The predicted octanol–water partition coefficient (Wildman–Crippen LogP) is 0.714. The van der Waals surface area contributed by atoms with E-state index < -0.39 is 5.41 Å². The molecule has 2 aliphatic heterocycles. The lowest BCUT2D eigenvalue weighted by Crippen LogP contribution is -2.51. The van der Waals surface area contributed by atoms with Crippen molar-refractivity contribution in [2.75, 3.05) is 19.6 Å². The third kappa shape index (κ3) is 2.63. The van der Waals surface area contributed by atoms with Gasteiger partial charge in [0.25, 0.3) is 0 Å². The Balaban J connectivity index is 1.93. The number of nitrogens with zero attached hydrogens (tertiary/aromatic N) is 1. The van der Waals surface area contributed by atoms with Gasteiger partial charge in [0, 0.05) is 25.2 Å². The molecule has 2 saturated heterocycles. The molecule has 2 rings (SSSR count). The van der Waals surface area contributed by atoms with Crippen molar-refractivity contribution < 1.29 is 4.79 Å². The number of rotatable bonds is 3. The molecule has 17 heavy (non-hydrogen) atoms. The third-order valence-electron chi connectivity index (χ3n) is 4.30. The van der Waals surface area contributed by atoms with Crippen LogP contribution in [-0.4, -0.2) is 42.5 Å². The van der Waals surface area contributed by atoms with Crippen LogP contribution in [0.2, 0.25) is 0 Å². The first-order chi connectivity index (χ1) is 8.04. The summed E-state index contributed by atoms with van der Waals surface area (Å²) < 4.78 is 0. The molecule has 0 saturated carbocycles. The molecule has 2 atom stereocenters. The quantitative estimate of drug-likeness (QED) is 0.763. The lowest BCUT2D eigenvalue weighted by Gasteiger charge is -2.34. The van der Waals surface area contributed by atoms with E-state index in [1.165, 1.54) is 25.8 Å². The van der Waals surface area contributed by atoms with Crippen molar-refractivity contribution in [3.05, 3.63) is 0 Å². The number of carbonyl (C=O) groups excluding carboxylic acids is 1. The van der Waals surface area contributed by atoms with Gasteiger partial charge < -0.3 is 11.1 Å². The molecule has 0 bridgehead atoms. The van der Waals surface area contributed by atoms with Gasteiger partial charge in [0.15, 0.2) is 0 Å². The molecule has 0 aromatic rings. The fourth-order valence-electron chi connectivity index (χ4n) is 2.87. The first-order valence-electron chi connectivity index (χ1n) is 6.80. The summed E-state index contributed by atoms with van der Waals surface area (Å²) in [6.45, 7) is 6.57. The van der Waals surface area contributed by atoms with Gasteiger partial charge in [-0.25, -0.2) is 0 Å². The maximum atomic E-state index is 12.1. The van der Waals surface area contributed by atoms with Crippen LogP contribution in [0.5, 0.6) is 0 Å². The second-order valence-electron chi connectivity index (χ2n) is 6.06. The minimum atomic E-state index is -0.442. The molecule has 0 radical (unpaired) electrons. The van der Waals surface area contributed by atoms with Gasteiger partial charge >= 0.3 is 0 Å². The smallest absolute Gasteiger partial charge is 0.227 e. The molecule has 4 heteroatoms. The highest BCUT2D eigenvalue weighted by molar-refractivity contribution is 5.82. The van der Waals surface area contributed by atoms with Crippen molar-refractivity contribution >= 4 is 5.91 Å². The standard InChI is InChI=1S/C13H25N3O/c1-13(2,9-14)12(17)15-10-6-8-16-7-4-3-5-11(10)16/h10-11H,3-9,14H2,1-2H3,(H,15,17). The van der Waals surface area contributed by atoms with Crippen LogP contribution in [0.25, 0.3) is 0 Å². The molecule has 0 aromatic carbocycles. The summed E-state index contributed by atoms with van der Waals surface area (Å²) in [4.78, 5) is 14.6. The Morgan fingerprint density at radius 2 is 2.12 bits per heavy atom. The van der Waals surface area contributed by atoms with Crippen molar-refractivity contribution in [2.24, 2.45) is 11.1 Å². The van der Waals surface area contributed by atoms with E-state index in [1.54, 1.807) is 0 Å². The van der Waals surface area contributed by atoms with Crippen molar-refractivity contribution in [1.82, 2.24) is 10.2 Å². The van der Waals surface area contributed by atoms with Gasteiger partial charge in [-0.15, -0.1) is 0 Å². The molecular formula is C13H25N3O. The summed E-state index contributed by atoms with van der Waals surface area (Å²) in [5.74, 6) is 0.109. The van der Waals surface area contributed by atoms with E-state index in [1.807, 2.05) is 13.8 Å². The van der Waals surface area contributed by atoms with Gasteiger partial charge in [0.1, 0.15) is 0 Å². The number of amides is 1. The van der Waals surface area contributed by atoms with E-state index in [9.17, 15) is 4.79 Å². The Hall–Kier alpha value is -0.610. The van der Waals surface area contributed by atoms with Crippen LogP contribution in [0.3, 0.4) is 0 Å². The highest BCUT2D eigenvalue weighted by atomic mass is 16.2. The molecule has 2 fully saturated rings. The van der Waals surface area contributed by atoms with Gasteiger partial charge in [0.2, 0.25) is 5.91 Å². The van der Waals surface area contributed by atoms with Gasteiger partial charge in [-0.2, -0.15) is 0 Å². The predicted molar refractivity (Wildman–Crippen MR) is 68.6 cm³/mol. The largest absolute Gasteiger partial charge is 0.351 e. The first-order valence-corrected chi connectivity index (χ1v) is 6.80. The Labute approximate surface area is 104 Å². The zero-order chi connectivity index (χ0) is 12.5. The molecule has 4 nitrogen and oxygen atoms in total. The normalized spacial score (nSPS) is 30.1. The molecule has 2 aliphatic rings. The molecule has 2 unspecified atom stereocenters. The monoisotopic (exact) mass is 239 g/mol. The molecule has 0 aliphatic carbocycles.